The number of anilines is 1. The number of pyridine rings is 1. The first-order valence-electron chi connectivity index (χ1n) is 9.01. The van der Waals surface area contributed by atoms with Gasteiger partial charge in [0.1, 0.15) is 17.1 Å². The highest BCUT2D eigenvalue weighted by Crippen LogP contribution is 2.29. The average Bonchev–Trinajstić information content (AvgIpc) is 3.23. The van der Waals surface area contributed by atoms with Crippen LogP contribution in [0, 0.1) is 20.8 Å². The fraction of sp³-hybridized carbons (Fsp3) is 0.200. The Hall–Kier alpha value is -3.69. The molecule has 4 aromatic rings. The number of carbonyl (C=O) groups is 1. The maximum Gasteiger partial charge on any atom is 0.433 e. The molecule has 154 valence electrons. The number of nitrogens with zero attached hydrogens (tertiary/aromatic N) is 4. The standard InChI is InChI=1S/C20H17F3N6O/c1-10-7-13-9-24-29(18-11(2)27-28-12(18)3)16(13)8-15(10)26-19(30)14-5-4-6-17(25-14)20(21,22)23/h4-9H,1-3H3,(H,26,30)(H,27,28). The molecule has 0 atom stereocenters. The second-order valence-corrected chi connectivity index (χ2v) is 6.92. The van der Waals surface area contributed by atoms with Crippen molar-refractivity contribution in [1.29, 1.82) is 0 Å². The van der Waals surface area contributed by atoms with Crippen molar-refractivity contribution < 1.29 is 18.0 Å². The summed E-state index contributed by atoms with van der Waals surface area (Å²) in [6.07, 6.45) is -2.92. The molecule has 30 heavy (non-hydrogen) atoms. The van der Waals surface area contributed by atoms with Crippen LogP contribution < -0.4 is 5.32 Å². The van der Waals surface area contributed by atoms with Crippen molar-refractivity contribution >= 4 is 22.5 Å². The number of amides is 1. The number of aryl methyl sites for hydroxylation is 3. The van der Waals surface area contributed by atoms with Crippen LogP contribution in [0.5, 0.6) is 0 Å². The number of halogens is 3. The molecule has 0 fully saturated rings. The van der Waals surface area contributed by atoms with E-state index in [9.17, 15) is 18.0 Å². The van der Waals surface area contributed by atoms with Crippen molar-refractivity contribution in [2.45, 2.75) is 26.9 Å². The van der Waals surface area contributed by atoms with Gasteiger partial charge in [0.15, 0.2) is 0 Å². The molecule has 3 aromatic heterocycles. The first-order chi connectivity index (χ1) is 14.1. The minimum absolute atomic E-state index is 0.320. The molecule has 0 aliphatic carbocycles. The molecule has 10 heteroatoms. The SMILES string of the molecule is Cc1cc2cnn(-c3c(C)n[nH]c3C)c2cc1NC(=O)c1cccc(C(F)(F)F)n1. The number of hydrogen-bond acceptors (Lipinski definition) is 4. The zero-order chi connectivity index (χ0) is 21.6. The van der Waals surface area contributed by atoms with Crippen LogP contribution >= 0.6 is 0 Å². The Morgan fingerprint density at radius 2 is 1.93 bits per heavy atom. The van der Waals surface area contributed by atoms with Gasteiger partial charge in [-0.2, -0.15) is 23.4 Å². The zero-order valence-corrected chi connectivity index (χ0v) is 16.3. The summed E-state index contributed by atoms with van der Waals surface area (Å²) in [5.41, 5.74) is 2.86. The zero-order valence-electron chi connectivity index (χ0n) is 16.3. The lowest BCUT2D eigenvalue weighted by molar-refractivity contribution is -0.141. The minimum atomic E-state index is -4.63. The summed E-state index contributed by atoms with van der Waals surface area (Å²) < 4.78 is 40.4. The fourth-order valence-corrected chi connectivity index (χ4v) is 3.26. The predicted octanol–water partition coefficient (Wildman–Crippen LogP) is 4.34. The normalized spacial score (nSPS) is 11.8. The Balaban J connectivity index is 1.72. The van der Waals surface area contributed by atoms with Gasteiger partial charge in [-0.1, -0.05) is 6.07 Å². The summed E-state index contributed by atoms with van der Waals surface area (Å²) in [6, 6.07) is 6.79. The lowest BCUT2D eigenvalue weighted by Crippen LogP contribution is -2.17. The number of hydrogen-bond donors (Lipinski definition) is 2. The number of nitrogens with one attached hydrogen (secondary N) is 2. The van der Waals surface area contributed by atoms with Crippen molar-refractivity contribution in [3.63, 3.8) is 0 Å². The van der Waals surface area contributed by atoms with Crippen molar-refractivity contribution in [1.82, 2.24) is 25.0 Å². The van der Waals surface area contributed by atoms with Gasteiger partial charge >= 0.3 is 6.18 Å². The van der Waals surface area contributed by atoms with E-state index >= 15 is 0 Å². The number of aromatic nitrogens is 5. The number of benzene rings is 1. The third-order valence-electron chi connectivity index (χ3n) is 4.74. The topological polar surface area (TPSA) is 88.5 Å². The highest BCUT2D eigenvalue weighted by atomic mass is 19.4. The van der Waals surface area contributed by atoms with E-state index in [0.29, 0.717) is 5.69 Å². The summed E-state index contributed by atoms with van der Waals surface area (Å²) in [6.45, 7) is 5.52. The van der Waals surface area contributed by atoms with Crippen molar-refractivity contribution in [3.05, 3.63) is 64.9 Å². The number of rotatable bonds is 3. The lowest BCUT2D eigenvalue weighted by Gasteiger charge is -2.11. The van der Waals surface area contributed by atoms with E-state index in [1.807, 2.05) is 19.9 Å². The van der Waals surface area contributed by atoms with Crippen LogP contribution in [0.25, 0.3) is 16.6 Å². The molecule has 0 unspecified atom stereocenters. The number of H-pyrrole nitrogens is 1. The Labute approximate surface area is 168 Å². The summed E-state index contributed by atoms with van der Waals surface area (Å²) in [5, 5.41) is 15.0. The maximum absolute atomic E-state index is 12.9. The van der Waals surface area contributed by atoms with Crippen molar-refractivity contribution in [2.24, 2.45) is 0 Å². The summed E-state index contributed by atoms with van der Waals surface area (Å²) in [4.78, 5) is 16.0. The molecule has 0 bridgehead atoms. The molecule has 1 aromatic carbocycles. The Kier molecular flexibility index (Phi) is 4.56. The van der Waals surface area contributed by atoms with Crippen molar-refractivity contribution in [3.8, 4) is 5.69 Å². The summed E-state index contributed by atoms with van der Waals surface area (Å²) in [5.74, 6) is -0.731. The van der Waals surface area contributed by atoms with E-state index in [1.54, 1.807) is 23.9 Å². The molecule has 0 spiro atoms. The quantitative estimate of drug-likeness (QED) is 0.522. The van der Waals surface area contributed by atoms with E-state index < -0.39 is 17.8 Å². The predicted molar refractivity (Wildman–Crippen MR) is 105 cm³/mol. The third kappa shape index (κ3) is 3.40. The van der Waals surface area contributed by atoms with Crippen LogP contribution in [0.3, 0.4) is 0 Å². The molecule has 0 aliphatic rings. The average molecular weight is 414 g/mol. The van der Waals surface area contributed by atoms with E-state index in [-0.39, 0.29) is 5.69 Å². The molecule has 0 saturated heterocycles. The van der Waals surface area contributed by atoms with Crippen LogP contribution in [0.1, 0.15) is 33.1 Å². The molecule has 0 saturated carbocycles. The first-order valence-corrected chi connectivity index (χ1v) is 9.01. The first kappa shape index (κ1) is 19.6. The van der Waals surface area contributed by atoms with Gasteiger partial charge in [-0.05, 0) is 50.6 Å². The molecule has 1 amide bonds. The largest absolute Gasteiger partial charge is 0.433 e. The number of aromatic amines is 1. The van der Waals surface area contributed by atoms with Gasteiger partial charge in [0.2, 0.25) is 0 Å². The van der Waals surface area contributed by atoms with E-state index in [1.165, 1.54) is 6.07 Å². The number of fused-ring (bicyclic) bond motifs is 1. The van der Waals surface area contributed by atoms with Crippen LogP contribution in [0.4, 0.5) is 18.9 Å². The number of alkyl halides is 3. The van der Waals surface area contributed by atoms with Crippen LogP contribution in [0.2, 0.25) is 0 Å². The minimum Gasteiger partial charge on any atom is -0.320 e. The Bertz CT molecular complexity index is 1250. The smallest absolute Gasteiger partial charge is 0.320 e. The molecule has 2 N–H and O–H groups in total. The van der Waals surface area contributed by atoms with Gasteiger partial charge in [0, 0.05) is 11.1 Å². The molecular formula is C20H17F3N6O. The van der Waals surface area contributed by atoms with Gasteiger partial charge < -0.3 is 5.32 Å². The van der Waals surface area contributed by atoms with Crippen molar-refractivity contribution in [2.75, 3.05) is 5.32 Å². The van der Waals surface area contributed by atoms with Gasteiger partial charge in [0.05, 0.1) is 23.1 Å². The van der Waals surface area contributed by atoms with Crippen LogP contribution in [0.15, 0.2) is 36.5 Å². The van der Waals surface area contributed by atoms with E-state index in [2.05, 4.69) is 25.6 Å². The van der Waals surface area contributed by atoms with Gasteiger partial charge in [-0.25, -0.2) is 9.67 Å². The molecular weight excluding hydrogens is 397 g/mol. The molecule has 0 aliphatic heterocycles. The fourth-order valence-electron chi connectivity index (χ4n) is 3.26. The van der Waals surface area contributed by atoms with Crippen LogP contribution in [-0.4, -0.2) is 30.9 Å². The maximum atomic E-state index is 12.9. The third-order valence-corrected chi connectivity index (χ3v) is 4.74. The van der Waals surface area contributed by atoms with Gasteiger partial charge in [-0.3, -0.25) is 9.89 Å². The molecule has 4 rings (SSSR count). The van der Waals surface area contributed by atoms with Crippen LogP contribution in [-0.2, 0) is 6.18 Å². The Morgan fingerprint density at radius 1 is 1.17 bits per heavy atom. The highest BCUT2D eigenvalue weighted by Gasteiger charge is 2.33. The monoisotopic (exact) mass is 414 g/mol. The summed E-state index contributed by atoms with van der Waals surface area (Å²) >= 11 is 0. The molecule has 7 nitrogen and oxygen atoms in total. The van der Waals surface area contributed by atoms with Gasteiger partial charge in [0.25, 0.3) is 5.91 Å². The second-order valence-electron chi connectivity index (χ2n) is 6.92. The molecule has 3 heterocycles. The molecule has 0 radical (unpaired) electrons. The Morgan fingerprint density at radius 3 is 2.60 bits per heavy atom. The van der Waals surface area contributed by atoms with E-state index in [4.69, 9.17) is 0 Å². The van der Waals surface area contributed by atoms with E-state index in [0.717, 1.165) is 45.7 Å². The lowest BCUT2D eigenvalue weighted by atomic mass is 10.1. The van der Waals surface area contributed by atoms with Gasteiger partial charge in [-0.15, -0.1) is 0 Å². The summed E-state index contributed by atoms with van der Waals surface area (Å²) in [7, 11) is 0. The highest BCUT2D eigenvalue weighted by molar-refractivity contribution is 6.04. The second kappa shape index (κ2) is 6.97. The number of carbonyl (C=O) groups excluding carboxylic acids is 1.